The fourth-order valence-corrected chi connectivity index (χ4v) is 1.02. The maximum absolute atomic E-state index is 10.1. The highest BCUT2D eigenvalue weighted by molar-refractivity contribution is 5.65. The van der Waals surface area contributed by atoms with Gasteiger partial charge in [0.05, 0.1) is 7.11 Å². The summed E-state index contributed by atoms with van der Waals surface area (Å²) in [5.74, 6) is -0.276. The van der Waals surface area contributed by atoms with Gasteiger partial charge in [-0.25, -0.2) is 0 Å². The van der Waals surface area contributed by atoms with Gasteiger partial charge in [-0.15, -0.1) is 0 Å². The number of carboxylic acids is 1. The molecule has 4 nitrogen and oxygen atoms in total. The van der Waals surface area contributed by atoms with E-state index in [0.717, 1.165) is 11.4 Å². The van der Waals surface area contributed by atoms with Crippen molar-refractivity contribution in [3.05, 3.63) is 24.3 Å². The first kappa shape index (κ1) is 10.4. The molecule has 0 radical (unpaired) electrons. The van der Waals surface area contributed by atoms with Gasteiger partial charge in [0, 0.05) is 24.6 Å². The Labute approximate surface area is 82.5 Å². The Morgan fingerprint density at radius 3 is 2.57 bits per heavy atom. The van der Waals surface area contributed by atoms with Crippen LogP contribution in [0, 0.1) is 0 Å². The van der Waals surface area contributed by atoms with E-state index in [1.54, 1.807) is 19.2 Å². The van der Waals surface area contributed by atoms with Gasteiger partial charge in [-0.1, -0.05) is 0 Å². The molecule has 0 heterocycles. The zero-order valence-electron chi connectivity index (χ0n) is 7.95. The highest BCUT2D eigenvalue weighted by Crippen LogP contribution is 2.14. The number of aliphatic carboxylic acids is 1. The lowest BCUT2D eigenvalue weighted by Gasteiger charge is -2.07. The molecule has 1 rings (SSSR count). The number of anilines is 1. The van der Waals surface area contributed by atoms with Crippen molar-refractivity contribution in [2.24, 2.45) is 0 Å². The molecule has 0 aliphatic carbocycles. The molecule has 4 heteroatoms. The largest absolute Gasteiger partial charge is 0.550 e. The van der Waals surface area contributed by atoms with Crippen LogP contribution in [0.5, 0.6) is 5.75 Å². The molecule has 0 unspecified atom stereocenters. The van der Waals surface area contributed by atoms with E-state index in [4.69, 9.17) is 4.74 Å². The van der Waals surface area contributed by atoms with Crippen LogP contribution in [0.3, 0.4) is 0 Å². The zero-order valence-corrected chi connectivity index (χ0v) is 7.95. The average molecular weight is 194 g/mol. The predicted octanol–water partition coefficient (Wildman–Crippen LogP) is 0.247. The van der Waals surface area contributed by atoms with Gasteiger partial charge in [0.1, 0.15) is 5.75 Å². The summed E-state index contributed by atoms with van der Waals surface area (Å²) in [7, 11) is 1.60. The van der Waals surface area contributed by atoms with Crippen molar-refractivity contribution in [3.8, 4) is 5.75 Å². The van der Waals surface area contributed by atoms with Crippen LogP contribution in [-0.2, 0) is 4.79 Å². The molecule has 0 saturated carbocycles. The highest BCUT2D eigenvalue weighted by atomic mass is 16.5. The van der Waals surface area contributed by atoms with Crippen LogP contribution in [0.15, 0.2) is 24.3 Å². The summed E-state index contributed by atoms with van der Waals surface area (Å²) in [6.07, 6.45) is 0.00598. The van der Waals surface area contributed by atoms with E-state index in [-0.39, 0.29) is 6.42 Å². The third kappa shape index (κ3) is 3.35. The lowest BCUT2D eigenvalue weighted by atomic mass is 10.3. The van der Waals surface area contributed by atoms with Crippen LogP contribution in [0.25, 0.3) is 0 Å². The summed E-state index contributed by atoms with van der Waals surface area (Å²) < 4.78 is 4.98. The fourth-order valence-electron chi connectivity index (χ4n) is 1.02. The highest BCUT2D eigenvalue weighted by Gasteiger charge is 1.93. The molecular formula is C10H12NO3-. The smallest absolute Gasteiger partial charge is 0.119 e. The van der Waals surface area contributed by atoms with Crippen LogP contribution in [-0.4, -0.2) is 19.6 Å². The number of carbonyl (C=O) groups excluding carboxylic acids is 1. The maximum Gasteiger partial charge on any atom is 0.119 e. The van der Waals surface area contributed by atoms with Crippen molar-refractivity contribution in [2.75, 3.05) is 19.0 Å². The second-order valence-corrected chi connectivity index (χ2v) is 2.78. The number of nitrogens with one attached hydrogen (secondary N) is 1. The molecule has 0 fully saturated rings. The van der Waals surface area contributed by atoms with Crippen molar-refractivity contribution in [2.45, 2.75) is 6.42 Å². The van der Waals surface area contributed by atoms with Crippen LogP contribution in [0.4, 0.5) is 5.69 Å². The number of methoxy groups -OCH3 is 1. The Balaban J connectivity index is 2.40. The average Bonchev–Trinajstić information content (AvgIpc) is 2.18. The van der Waals surface area contributed by atoms with E-state index >= 15 is 0 Å². The van der Waals surface area contributed by atoms with Crippen LogP contribution in [0.1, 0.15) is 6.42 Å². The summed E-state index contributed by atoms with van der Waals surface area (Å²) >= 11 is 0. The number of ether oxygens (including phenoxy) is 1. The minimum Gasteiger partial charge on any atom is -0.550 e. The summed E-state index contributed by atoms with van der Waals surface area (Å²) in [4.78, 5) is 10.1. The Hall–Kier alpha value is -1.71. The maximum atomic E-state index is 10.1. The molecule has 0 amide bonds. The Morgan fingerprint density at radius 2 is 2.07 bits per heavy atom. The van der Waals surface area contributed by atoms with Gasteiger partial charge >= 0.3 is 0 Å². The molecule has 0 atom stereocenters. The lowest BCUT2D eigenvalue weighted by molar-refractivity contribution is -0.305. The van der Waals surface area contributed by atoms with E-state index in [2.05, 4.69) is 5.32 Å². The summed E-state index contributed by atoms with van der Waals surface area (Å²) in [6, 6.07) is 7.27. The molecule has 0 aliphatic heterocycles. The van der Waals surface area contributed by atoms with Crippen LogP contribution in [0.2, 0.25) is 0 Å². The van der Waals surface area contributed by atoms with Gasteiger partial charge in [0.2, 0.25) is 0 Å². The quantitative estimate of drug-likeness (QED) is 0.729. The molecule has 1 N–H and O–H groups in total. The number of hydrogen-bond acceptors (Lipinski definition) is 4. The number of carboxylic acid groups (broad SMARTS) is 1. The van der Waals surface area contributed by atoms with E-state index in [1.165, 1.54) is 0 Å². The molecule has 0 bridgehead atoms. The first-order chi connectivity index (χ1) is 6.72. The summed E-state index contributed by atoms with van der Waals surface area (Å²) in [5, 5.41) is 13.1. The van der Waals surface area contributed by atoms with Crippen molar-refractivity contribution in [1.29, 1.82) is 0 Å². The minimum atomic E-state index is -1.05. The molecule has 0 spiro atoms. The monoisotopic (exact) mass is 194 g/mol. The van der Waals surface area contributed by atoms with E-state index in [0.29, 0.717) is 6.54 Å². The standard InChI is InChI=1S/C10H13NO3/c1-14-9-4-2-8(3-5-9)11-7-6-10(12)13/h2-5,11H,6-7H2,1H3,(H,12,13)/p-1. The Kier molecular flexibility index (Phi) is 3.79. The second kappa shape index (κ2) is 5.11. The van der Waals surface area contributed by atoms with Crippen molar-refractivity contribution in [3.63, 3.8) is 0 Å². The zero-order chi connectivity index (χ0) is 10.4. The van der Waals surface area contributed by atoms with Crippen LogP contribution >= 0.6 is 0 Å². The second-order valence-electron chi connectivity index (χ2n) is 2.78. The SMILES string of the molecule is COc1ccc(NCCC(=O)[O-])cc1. The van der Waals surface area contributed by atoms with Gasteiger partial charge in [0.25, 0.3) is 0 Å². The van der Waals surface area contributed by atoms with Gasteiger partial charge in [-0.3, -0.25) is 0 Å². The predicted molar refractivity (Wildman–Crippen MR) is 51.1 cm³/mol. The molecule has 0 aliphatic rings. The number of hydrogen-bond donors (Lipinski definition) is 1. The van der Waals surface area contributed by atoms with Gasteiger partial charge in [-0.05, 0) is 24.3 Å². The van der Waals surface area contributed by atoms with E-state index in [1.807, 2.05) is 12.1 Å². The lowest BCUT2D eigenvalue weighted by Crippen LogP contribution is -2.24. The first-order valence-corrected chi connectivity index (χ1v) is 4.30. The van der Waals surface area contributed by atoms with Gasteiger partial charge < -0.3 is 20.0 Å². The molecule has 14 heavy (non-hydrogen) atoms. The van der Waals surface area contributed by atoms with E-state index in [9.17, 15) is 9.90 Å². The van der Waals surface area contributed by atoms with Crippen molar-refractivity contribution in [1.82, 2.24) is 0 Å². The topological polar surface area (TPSA) is 61.4 Å². The first-order valence-electron chi connectivity index (χ1n) is 4.30. The van der Waals surface area contributed by atoms with Crippen molar-refractivity contribution >= 4 is 11.7 Å². The number of carbonyl (C=O) groups is 1. The minimum absolute atomic E-state index is 0.00598. The Bertz CT molecular complexity index is 295. The molecule has 76 valence electrons. The number of rotatable bonds is 5. The van der Waals surface area contributed by atoms with E-state index < -0.39 is 5.97 Å². The molecule has 0 saturated heterocycles. The molecular weight excluding hydrogens is 182 g/mol. The molecule has 1 aromatic rings. The summed E-state index contributed by atoms with van der Waals surface area (Å²) in [5.41, 5.74) is 0.868. The third-order valence-electron chi connectivity index (χ3n) is 1.75. The van der Waals surface area contributed by atoms with Gasteiger partial charge in [0.15, 0.2) is 0 Å². The third-order valence-corrected chi connectivity index (χ3v) is 1.75. The molecule has 1 aromatic carbocycles. The summed E-state index contributed by atoms with van der Waals surface area (Å²) in [6.45, 7) is 0.370. The normalized spacial score (nSPS) is 9.50. The van der Waals surface area contributed by atoms with Crippen LogP contribution < -0.4 is 15.2 Å². The fraction of sp³-hybridized carbons (Fsp3) is 0.300. The van der Waals surface area contributed by atoms with Crippen molar-refractivity contribution < 1.29 is 14.6 Å². The Morgan fingerprint density at radius 1 is 1.43 bits per heavy atom. The number of benzene rings is 1. The molecule has 0 aromatic heterocycles. The van der Waals surface area contributed by atoms with Gasteiger partial charge in [-0.2, -0.15) is 0 Å².